The second kappa shape index (κ2) is 5.18. The van der Waals surface area contributed by atoms with Crippen LogP contribution in [0, 0.1) is 5.82 Å². The highest BCUT2D eigenvalue weighted by Gasteiger charge is 2.18. The average Bonchev–Trinajstić information content (AvgIpc) is 2.83. The summed E-state index contributed by atoms with van der Waals surface area (Å²) in [5.74, 6) is -1.40. The van der Waals surface area contributed by atoms with Gasteiger partial charge in [0.15, 0.2) is 5.13 Å². The van der Waals surface area contributed by atoms with Crippen molar-refractivity contribution in [2.24, 2.45) is 0 Å². The number of halogens is 1. The van der Waals surface area contributed by atoms with Gasteiger partial charge in [0.1, 0.15) is 11.6 Å². The molecule has 0 aliphatic carbocycles. The molecule has 0 radical (unpaired) electrons. The third-order valence-corrected chi connectivity index (χ3v) is 4.04. The molecule has 2 aromatic rings. The predicted molar refractivity (Wildman–Crippen MR) is 73.5 cm³/mol. The molecule has 0 spiro atoms. The van der Waals surface area contributed by atoms with E-state index in [-0.39, 0.29) is 11.3 Å². The molecule has 7 heteroatoms. The van der Waals surface area contributed by atoms with Gasteiger partial charge in [-0.25, -0.2) is 9.37 Å². The fourth-order valence-electron chi connectivity index (χ4n) is 2.03. The van der Waals surface area contributed by atoms with Crippen LogP contribution >= 0.6 is 11.3 Å². The number of carbonyl (C=O) groups is 1. The van der Waals surface area contributed by atoms with Crippen LogP contribution in [0.1, 0.15) is 20.9 Å². The van der Waals surface area contributed by atoms with Crippen LogP contribution in [0.4, 0.5) is 9.52 Å². The summed E-state index contributed by atoms with van der Waals surface area (Å²) in [6.07, 6.45) is 0.826. The molecule has 5 nitrogen and oxygen atoms in total. The maximum absolute atomic E-state index is 13.1. The Kier molecular flexibility index (Phi) is 3.37. The zero-order chi connectivity index (χ0) is 14.1. The highest BCUT2D eigenvalue weighted by Crippen LogP contribution is 2.26. The molecule has 3 N–H and O–H groups in total. The maximum atomic E-state index is 13.1. The van der Waals surface area contributed by atoms with E-state index in [0.717, 1.165) is 48.3 Å². The molecule has 1 aliphatic rings. The number of phenolic OH excluding ortho intramolecular Hbond substituents is 1. The van der Waals surface area contributed by atoms with E-state index in [4.69, 9.17) is 0 Å². The van der Waals surface area contributed by atoms with Gasteiger partial charge in [0, 0.05) is 24.4 Å². The van der Waals surface area contributed by atoms with Crippen LogP contribution in [0.3, 0.4) is 0 Å². The van der Waals surface area contributed by atoms with Gasteiger partial charge in [-0.3, -0.25) is 10.1 Å². The summed E-state index contributed by atoms with van der Waals surface area (Å²) in [4.78, 5) is 17.4. The lowest BCUT2D eigenvalue weighted by Crippen LogP contribution is -2.22. The van der Waals surface area contributed by atoms with Crippen molar-refractivity contribution in [1.29, 1.82) is 0 Å². The first kappa shape index (κ1) is 13.0. The number of benzene rings is 1. The Morgan fingerprint density at radius 3 is 3.15 bits per heavy atom. The fraction of sp³-hybridized carbons (Fsp3) is 0.231. The number of nitrogens with zero attached hydrogens (tertiary/aromatic N) is 1. The van der Waals surface area contributed by atoms with Crippen LogP contribution in [-0.4, -0.2) is 22.5 Å². The molecule has 0 unspecified atom stereocenters. The summed E-state index contributed by atoms with van der Waals surface area (Å²) in [5.41, 5.74) is 0.879. The standard InChI is InChI=1S/C13H12FN3O2S/c14-7-1-2-10(18)8(5-7)12(19)17-13-16-9-3-4-15-6-11(9)20-13/h1-2,5,15,18H,3-4,6H2,(H,16,17,19). The van der Waals surface area contributed by atoms with E-state index >= 15 is 0 Å². The Morgan fingerprint density at radius 2 is 2.35 bits per heavy atom. The summed E-state index contributed by atoms with van der Waals surface area (Å²) < 4.78 is 13.1. The number of hydrogen-bond donors (Lipinski definition) is 3. The Bertz CT molecular complexity index is 648. The van der Waals surface area contributed by atoms with E-state index in [1.165, 1.54) is 11.3 Å². The topological polar surface area (TPSA) is 74.2 Å². The molecule has 0 saturated carbocycles. The first-order valence-electron chi connectivity index (χ1n) is 6.12. The number of anilines is 1. The van der Waals surface area contributed by atoms with E-state index in [1.807, 2.05) is 0 Å². The van der Waals surface area contributed by atoms with Gasteiger partial charge in [0.05, 0.1) is 11.3 Å². The van der Waals surface area contributed by atoms with E-state index in [9.17, 15) is 14.3 Å². The summed E-state index contributed by atoms with van der Waals surface area (Å²) >= 11 is 1.39. The third-order valence-electron chi connectivity index (χ3n) is 3.03. The number of nitrogens with one attached hydrogen (secondary N) is 2. The lowest BCUT2D eigenvalue weighted by atomic mass is 10.2. The van der Waals surface area contributed by atoms with Crippen LogP contribution < -0.4 is 10.6 Å². The van der Waals surface area contributed by atoms with Gasteiger partial charge >= 0.3 is 0 Å². The van der Waals surface area contributed by atoms with E-state index in [1.54, 1.807) is 0 Å². The van der Waals surface area contributed by atoms with E-state index in [2.05, 4.69) is 15.6 Å². The molecule has 0 bridgehead atoms. The van der Waals surface area contributed by atoms with Crippen molar-refractivity contribution in [2.75, 3.05) is 11.9 Å². The lowest BCUT2D eigenvalue weighted by Gasteiger charge is -2.09. The van der Waals surface area contributed by atoms with Gasteiger partial charge in [-0.2, -0.15) is 0 Å². The van der Waals surface area contributed by atoms with Crippen molar-refractivity contribution in [1.82, 2.24) is 10.3 Å². The average molecular weight is 293 g/mol. The Labute approximate surface area is 118 Å². The summed E-state index contributed by atoms with van der Waals surface area (Å²) in [7, 11) is 0. The van der Waals surface area contributed by atoms with Gasteiger partial charge in [0.2, 0.25) is 0 Å². The highest BCUT2D eigenvalue weighted by atomic mass is 32.1. The van der Waals surface area contributed by atoms with E-state index < -0.39 is 11.7 Å². The predicted octanol–water partition coefficient (Wildman–Crippen LogP) is 1.89. The summed E-state index contributed by atoms with van der Waals surface area (Å²) in [6.45, 7) is 1.61. The minimum Gasteiger partial charge on any atom is -0.507 e. The number of amides is 1. The molecule has 0 fully saturated rings. The zero-order valence-electron chi connectivity index (χ0n) is 10.4. The van der Waals surface area contributed by atoms with Gasteiger partial charge in [-0.1, -0.05) is 0 Å². The minimum atomic E-state index is -0.574. The smallest absolute Gasteiger partial charge is 0.261 e. The molecular formula is C13H12FN3O2S. The van der Waals surface area contributed by atoms with Crippen LogP contribution in [0.25, 0.3) is 0 Å². The van der Waals surface area contributed by atoms with E-state index in [0.29, 0.717) is 5.13 Å². The van der Waals surface area contributed by atoms with Crippen molar-refractivity contribution in [3.05, 3.63) is 40.2 Å². The molecule has 0 saturated heterocycles. The minimum absolute atomic E-state index is 0.101. The van der Waals surface area contributed by atoms with Crippen molar-refractivity contribution in [2.45, 2.75) is 13.0 Å². The number of rotatable bonds is 2. The highest BCUT2D eigenvalue weighted by molar-refractivity contribution is 7.15. The van der Waals surface area contributed by atoms with Crippen molar-refractivity contribution in [3.8, 4) is 5.75 Å². The largest absolute Gasteiger partial charge is 0.507 e. The van der Waals surface area contributed by atoms with Crippen LogP contribution in [0.2, 0.25) is 0 Å². The molecule has 1 amide bonds. The van der Waals surface area contributed by atoms with Crippen LogP contribution in [0.5, 0.6) is 5.75 Å². The number of aromatic nitrogens is 1. The zero-order valence-corrected chi connectivity index (χ0v) is 11.3. The van der Waals surface area contributed by atoms with Gasteiger partial charge in [-0.05, 0) is 18.2 Å². The SMILES string of the molecule is O=C(Nc1nc2c(s1)CNCC2)c1cc(F)ccc1O. The third kappa shape index (κ3) is 2.50. The molecular weight excluding hydrogens is 281 g/mol. The van der Waals surface area contributed by atoms with Gasteiger partial charge in [-0.15, -0.1) is 11.3 Å². The van der Waals surface area contributed by atoms with Gasteiger partial charge in [0.25, 0.3) is 5.91 Å². The first-order valence-corrected chi connectivity index (χ1v) is 6.94. The molecule has 2 heterocycles. The molecule has 1 aromatic heterocycles. The number of carbonyl (C=O) groups excluding carboxylic acids is 1. The number of thiazole rings is 1. The van der Waals surface area contributed by atoms with Crippen LogP contribution in [0.15, 0.2) is 18.2 Å². The van der Waals surface area contributed by atoms with Crippen LogP contribution in [-0.2, 0) is 13.0 Å². The van der Waals surface area contributed by atoms with Gasteiger partial charge < -0.3 is 10.4 Å². The maximum Gasteiger partial charge on any atom is 0.261 e. The second-order valence-corrected chi connectivity index (χ2v) is 5.51. The van der Waals surface area contributed by atoms with Crippen molar-refractivity contribution < 1.29 is 14.3 Å². The number of hydrogen-bond acceptors (Lipinski definition) is 5. The Hall–Kier alpha value is -1.99. The quantitative estimate of drug-likeness (QED) is 0.790. The van der Waals surface area contributed by atoms with Crippen molar-refractivity contribution in [3.63, 3.8) is 0 Å². The summed E-state index contributed by atoms with van der Waals surface area (Å²) in [5, 5.41) is 15.9. The molecule has 0 atom stereocenters. The Morgan fingerprint density at radius 1 is 1.50 bits per heavy atom. The number of aromatic hydroxyl groups is 1. The monoisotopic (exact) mass is 293 g/mol. The number of phenols is 1. The molecule has 104 valence electrons. The molecule has 1 aliphatic heterocycles. The molecule has 20 heavy (non-hydrogen) atoms. The molecule has 3 rings (SSSR count). The first-order chi connectivity index (χ1) is 9.63. The van der Waals surface area contributed by atoms with Crippen molar-refractivity contribution >= 4 is 22.4 Å². The number of fused-ring (bicyclic) bond motifs is 1. The normalized spacial score (nSPS) is 13.8. The Balaban J connectivity index is 1.82. The lowest BCUT2D eigenvalue weighted by molar-refractivity contribution is 0.102. The molecule has 1 aromatic carbocycles. The fourth-order valence-corrected chi connectivity index (χ4v) is 3.01. The summed E-state index contributed by atoms with van der Waals surface area (Å²) in [6, 6.07) is 3.25. The second-order valence-electron chi connectivity index (χ2n) is 4.43.